The Hall–Kier alpha value is -2.83. The van der Waals surface area contributed by atoms with Crippen LogP contribution in [0.4, 0.5) is 5.69 Å². The van der Waals surface area contributed by atoms with Crippen molar-refractivity contribution >= 4 is 17.3 Å². The summed E-state index contributed by atoms with van der Waals surface area (Å²) in [6.45, 7) is 0. The number of anilines is 1. The molecular weight excluding hydrogens is 248 g/mol. The molecule has 0 aliphatic heterocycles. The van der Waals surface area contributed by atoms with E-state index in [1.54, 1.807) is 12.1 Å². The first kappa shape index (κ1) is 11.3. The van der Waals surface area contributed by atoms with Gasteiger partial charge in [-0.25, -0.2) is 14.3 Å². The smallest absolute Gasteiger partial charge is 0.339 e. The lowest BCUT2D eigenvalue weighted by molar-refractivity contribution is 0.0600. The van der Waals surface area contributed by atoms with Gasteiger partial charge < -0.3 is 14.9 Å². The standard InChI is InChI=1S/C12H10N4O3/c1-18-12(17)7-5-8(13)11-14-10(15-16(11)6-7)9-3-2-4-19-9/h2-6H,13H2,1H3. The predicted molar refractivity (Wildman–Crippen MR) is 66.4 cm³/mol. The van der Waals surface area contributed by atoms with Gasteiger partial charge in [-0.2, -0.15) is 0 Å². The molecule has 0 bridgehead atoms. The van der Waals surface area contributed by atoms with Crippen molar-refractivity contribution in [3.05, 3.63) is 36.2 Å². The Kier molecular flexibility index (Phi) is 2.45. The molecule has 0 fully saturated rings. The van der Waals surface area contributed by atoms with Crippen molar-refractivity contribution in [1.82, 2.24) is 14.6 Å². The Morgan fingerprint density at radius 3 is 3.05 bits per heavy atom. The van der Waals surface area contributed by atoms with Gasteiger partial charge >= 0.3 is 5.97 Å². The van der Waals surface area contributed by atoms with Gasteiger partial charge in [0.2, 0.25) is 5.82 Å². The number of hydrogen-bond donors (Lipinski definition) is 1. The molecular formula is C12H10N4O3. The number of esters is 1. The second-order valence-corrected chi connectivity index (χ2v) is 3.86. The number of aromatic nitrogens is 3. The SMILES string of the molecule is COC(=O)c1cc(N)c2nc(-c3ccco3)nn2c1. The summed E-state index contributed by atoms with van der Waals surface area (Å²) in [4.78, 5) is 15.7. The van der Waals surface area contributed by atoms with Gasteiger partial charge in [0.25, 0.3) is 0 Å². The van der Waals surface area contributed by atoms with Gasteiger partial charge in [-0.05, 0) is 18.2 Å². The Balaban J connectivity index is 2.17. The number of ether oxygens (including phenoxy) is 1. The fourth-order valence-corrected chi connectivity index (χ4v) is 1.75. The summed E-state index contributed by atoms with van der Waals surface area (Å²) < 4.78 is 11.3. The number of methoxy groups -OCH3 is 1. The number of carbonyl (C=O) groups excluding carboxylic acids is 1. The maximum absolute atomic E-state index is 11.5. The Bertz CT molecular complexity index is 746. The number of nitrogens with zero attached hydrogens (tertiary/aromatic N) is 3. The molecule has 19 heavy (non-hydrogen) atoms. The van der Waals surface area contributed by atoms with Crippen LogP contribution < -0.4 is 5.73 Å². The van der Waals surface area contributed by atoms with Gasteiger partial charge in [-0.15, -0.1) is 5.10 Å². The highest BCUT2D eigenvalue weighted by Gasteiger charge is 2.14. The summed E-state index contributed by atoms with van der Waals surface area (Å²) >= 11 is 0. The maximum atomic E-state index is 11.5. The van der Waals surface area contributed by atoms with E-state index in [0.29, 0.717) is 28.5 Å². The summed E-state index contributed by atoms with van der Waals surface area (Å²) in [5.41, 5.74) is 6.96. The molecule has 3 heterocycles. The fourth-order valence-electron chi connectivity index (χ4n) is 1.75. The topological polar surface area (TPSA) is 95.7 Å². The Morgan fingerprint density at radius 2 is 2.37 bits per heavy atom. The van der Waals surface area contributed by atoms with E-state index < -0.39 is 5.97 Å². The average Bonchev–Trinajstić information content (AvgIpc) is 3.05. The van der Waals surface area contributed by atoms with Crippen LogP contribution in [0, 0.1) is 0 Å². The number of hydrogen-bond acceptors (Lipinski definition) is 6. The van der Waals surface area contributed by atoms with E-state index in [1.165, 1.54) is 30.2 Å². The van der Waals surface area contributed by atoms with E-state index >= 15 is 0 Å². The lowest BCUT2D eigenvalue weighted by Gasteiger charge is -2.01. The van der Waals surface area contributed by atoms with Crippen LogP contribution in [-0.4, -0.2) is 27.7 Å². The third-order valence-corrected chi connectivity index (χ3v) is 2.62. The highest BCUT2D eigenvalue weighted by Crippen LogP contribution is 2.20. The Labute approximate surface area is 107 Å². The lowest BCUT2D eigenvalue weighted by Crippen LogP contribution is -2.05. The first-order valence-corrected chi connectivity index (χ1v) is 5.47. The minimum atomic E-state index is -0.483. The predicted octanol–water partition coefficient (Wildman–Crippen LogP) is 1.36. The van der Waals surface area contributed by atoms with Crippen LogP contribution in [0.2, 0.25) is 0 Å². The van der Waals surface area contributed by atoms with Crippen LogP contribution in [0.1, 0.15) is 10.4 Å². The van der Waals surface area contributed by atoms with E-state index in [-0.39, 0.29) is 0 Å². The van der Waals surface area contributed by atoms with E-state index in [2.05, 4.69) is 14.8 Å². The zero-order valence-electron chi connectivity index (χ0n) is 10.0. The second-order valence-electron chi connectivity index (χ2n) is 3.86. The van der Waals surface area contributed by atoms with Gasteiger partial charge in [0.05, 0.1) is 24.6 Å². The highest BCUT2D eigenvalue weighted by atomic mass is 16.5. The number of nitrogen functional groups attached to an aromatic ring is 1. The van der Waals surface area contributed by atoms with Gasteiger partial charge in [0.1, 0.15) is 0 Å². The number of carbonyl (C=O) groups is 1. The molecule has 0 aliphatic rings. The number of nitrogens with two attached hydrogens (primary N) is 1. The van der Waals surface area contributed by atoms with Crippen molar-refractivity contribution in [2.45, 2.75) is 0 Å². The zero-order valence-corrected chi connectivity index (χ0v) is 10.0. The largest absolute Gasteiger partial charge is 0.465 e. The molecule has 0 aromatic carbocycles. The molecule has 0 saturated heterocycles. The Morgan fingerprint density at radius 1 is 1.53 bits per heavy atom. The molecule has 2 N–H and O–H groups in total. The molecule has 0 radical (unpaired) electrons. The van der Waals surface area contributed by atoms with Crippen molar-refractivity contribution in [2.24, 2.45) is 0 Å². The average molecular weight is 258 g/mol. The fraction of sp³-hybridized carbons (Fsp3) is 0.0833. The number of pyridine rings is 1. The van der Waals surface area contributed by atoms with Gasteiger partial charge in [-0.1, -0.05) is 0 Å². The van der Waals surface area contributed by atoms with Crippen LogP contribution in [0.25, 0.3) is 17.2 Å². The maximum Gasteiger partial charge on any atom is 0.339 e. The summed E-state index contributed by atoms with van der Waals surface area (Å²) in [5, 5.41) is 4.22. The monoisotopic (exact) mass is 258 g/mol. The van der Waals surface area contributed by atoms with E-state index in [0.717, 1.165) is 0 Å². The van der Waals surface area contributed by atoms with E-state index in [9.17, 15) is 4.79 Å². The van der Waals surface area contributed by atoms with Crippen molar-refractivity contribution in [2.75, 3.05) is 12.8 Å². The number of furan rings is 1. The van der Waals surface area contributed by atoms with Crippen LogP contribution >= 0.6 is 0 Å². The zero-order chi connectivity index (χ0) is 13.4. The molecule has 0 aliphatic carbocycles. The van der Waals surface area contributed by atoms with Crippen molar-refractivity contribution in [3.63, 3.8) is 0 Å². The molecule has 96 valence electrons. The van der Waals surface area contributed by atoms with Crippen molar-refractivity contribution < 1.29 is 13.9 Å². The molecule has 7 heteroatoms. The van der Waals surface area contributed by atoms with Crippen LogP contribution in [-0.2, 0) is 4.74 Å². The van der Waals surface area contributed by atoms with Crippen LogP contribution in [0.15, 0.2) is 35.1 Å². The summed E-state index contributed by atoms with van der Waals surface area (Å²) in [6.07, 6.45) is 3.04. The molecule has 3 aromatic rings. The number of rotatable bonds is 2. The molecule has 7 nitrogen and oxygen atoms in total. The molecule has 3 rings (SSSR count). The summed E-state index contributed by atoms with van der Waals surface area (Å²) in [5.74, 6) is 0.449. The quantitative estimate of drug-likeness (QED) is 0.697. The molecule has 0 spiro atoms. The van der Waals surface area contributed by atoms with Gasteiger partial charge in [0, 0.05) is 6.20 Å². The normalized spacial score (nSPS) is 10.8. The van der Waals surface area contributed by atoms with Crippen molar-refractivity contribution in [1.29, 1.82) is 0 Å². The lowest BCUT2D eigenvalue weighted by atomic mass is 10.2. The third-order valence-electron chi connectivity index (χ3n) is 2.62. The minimum absolute atomic E-state index is 0.309. The second kappa shape index (κ2) is 4.13. The van der Waals surface area contributed by atoms with Gasteiger partial charge in [-0.3, -0.25) is 0 Å². The summed E-state index contributed by atoms with van der Waals surface area (Å²) in [6, 6.07) is 4.98. The van der Waals surface area contributed by atoms with Crippen molar-refractivity contribution in [3.8, 4) is 11.6 Å². The molecule has 0 amide bonds. The number of fused-ring (bicyclic) bond motifs is 1. The van der Waals surface area contributed by atoms with E-state index in [4.69, 9.17) is 10.2 Å². The summed E-state index contributed by atoms with van der Waals surface area (Å²) in [7, 11) is 1.30. The van der Waals surface area contributed by atoms with Crippen LogP contribution in [0.3, 0.4) is 0 Å². The van der Waals surface area contributed by atoms with Crippen LogP contribution in [0.5, 0.6) is 0 Å². The first-order valence-electron chi connectivity index (χ1n) is 5.47. The first-order chi connectivity index (χ1) is 9.19. The minimum Gasteiger partial charge on any atom is -0.465 e. The highest BCUT2D eigenvalue weighted by molar-refractivity contribution is 5.91. The molecule has 0 atom stereocenters. The molecule has 0 unspecified atom stereocenters. The molecule has 3 aromatic heterocycles. The molecule has 0 saturated carbocycles. The van der Waals surface area contributed by atoms with E-state index in [1.807, 2.05) is 0 Å². The van der Waals surface area contributed by atoms with Gasteiger partial charge in [0.15, 0.2) is 11.4 Å². The third kappa shape index (κ3) is 1.81.